The zero-order chi connectivity index (χ0) is 17.0. The fourth-order valence-electron chi connectivity index (χ4n) is 2.39. The van der Waals surface area contributed by atoms with Gasteiger partial charge in [0.15, 0.2) is 0 Å². The number of rotatable bonds is 7. The number of benzene rings is 2. The van der Waals surface area contributed by atoms with E-state index < -0.39 is 31.4 Å². The van der Waals surface area contributed by atoms with E-state index in [1.54, 1.807) is 24.3 Å². The Morgan fingerprint density at radius 3 is 2.30 bits per heavy atom. The highest BCUT2D eigenvalue weighted by Gasteiger charge is 2.30. The molecule has 0 aliphatic heterocycles. The van der Waals surface area contributed by atoms with Gasteiger partial charge in [0.25, 0.3) is 0 Å². The first-order valence-corrected chi connectivity index (χ1v) is 8.90. The largest absolute Gasteiger partial charge is 0.481 e. The number of carboxylic acids is 2. The van der Waals surface area contributed by atoms with Gasteiger partial charge in [0, 0.05) is 17.9 Å². The van der Waals surface area contributed by atoms with E-state index in [1.807, 2.05) is 12.1 Å². The van der Waals surface area contributed by atoms with E-state index in [9.17, 15) is 19.0 Å². The second-order valence-corrected chi connectivity index (χ2v) is 7.67. The monoisotopic (exact) mass is 336 g/mol. The van der Waals surface area contributed by atoms with Gasteiger partial charge in [-0.1, -0.05) is 30.3 Å². The van der Waals surface area contributed by atoms with Gasteiger partial charge in [-0.3, -0.25) is 14.2 Å². The van der Waals surface area contributed by atoms with Crippen molar-refractivity contribution >= 4 is 35.4 Å². The van der Waals surface area contributed by atoms with Crippen LogP contribution in [0.2, 0.25) is 0 Å². The third-order valence-corrected chi connectivity index (χ3v) is 5.68. The van der Waals surface area contributed by atoms with Crippen molar-refractivity contribution < 1.29 is 29.3 Å². The second kappa shape index (κ2) is 6.94. The topological polar surface area (TPSA) is 112 Å². The first-order valence-electron chi connectivity index (χ1n) is 7.05. The summed E-state index contributed by atoms with van der Waals surface area (Å²) in [4.78, 5) is 32.1. The van der Waals surface area contributed by atoms with Gasteiger partial charge in [-0.25, -0.2) is 0 Å². The summed E-state index contributed by atoms with van der Waals surface area (Å²) in [6.45, 7) is 0. The molecule has 0 aliphatic rings. The van der Waals surface area contributed by atoms with Crippen LogP contribution in [-0.4, -0.2) is 33.2 Å². The molecule has 6 nitrogen and oxygen atoms in total. The zero-order valence-corrected chi connectivity index (χ0v) is 13.1. The fraction of sp³-hybridized carbons (Fsp3) is 0.250. The van der Waals surface area contributed by atoms with Crippen LogP contribution in [0.3, 0.4) is 0 Å². The summed E-state index contributed by atoms with van der Waals surface area (Å²) in [5.41, 5.74) is 0. The van der Waals surface area contributed by atoms with E-state index in [4.69, 9.17) is 10.2 Å². The van der Waals surface area contributed by atoms with Crippen molar-refractivity contribution in [3.8, 4) is 0 Å². The van der Waals surface area contributed by atoms with Crippen LogP contribution < -0.4 is 5.30 Å². The standard InChI is InChI=1S/C16H17O6P/c17-15(18)8-6-13(16(19)20)10-23(21,22)14-7-5-11-3-1-2-4-12(11)9-14/h1-5,7,9,13H,6,8,10H2,(H,17,18)(H,19,20)(H,21,22). The molecule has 3 N–H and O–H groups in total. The predicted molar refractivity (Wildman–Crippen MR) is 86.3 cm³/mol. The number of aliphatic carboxylic acids is 2. The molecule has 2 aromatic rings. The third kappa shape index (κ3) is 4.41. The smallest absolute Gasteiger partial charge is 0.307 e. The summed E-state index contributed by atoms with van der Waals surface area (Å²) in [5, 5.41) is 19.7. The summed E-state index contributed by atoms with van der Waals surface area (Å²) < 4.78 is 12.6. The molecule has 2 unspecified atom stereocenters. The average molecular weight is 336 g/mol. The Balaban J connectivity index is 2.25. The van der Waals surface area contributed by atoms with Gasteiger partial charge in [-0.2, -0.15) is 0 Å². The van der Waals surface area contributed by atoms with Gasteiger partial charge in [-0.15, -0.1) is 0 Å². The Morgan fingerprint density at radius 2 is 1.70 bits per heavy atom. The second-order valence-electron chi connectivity index (χ2n) is 5.38. The molecule has 23 heavy (non-hydrogen) atoms. The highest BCUT2D eigenvalue weighted by Crippen LogP contribution is 2.42. The first kappa shape index (κ1) is 17.2. The molecule has 0 aliphatic carbocycles. The summed E-state index contributed by atoms with van der Waals surface area (Å²) in [5.74, 6) is -3.57. The molecule has 2 atom stereocenters. The Bertz CT molecular complexity index is 785. The minimum absolute atomic E-state index is 0.178. The maximum atomic E-state index is 12.6. The Labute approximate surface area is 132 Å². The maximum absolute atomic E-state index is 12.6. The molecule has 2 aromatic carbocycles. The summed E-state index contributed by atoms with van der Waals surface area (Å²) in [6.07, 6.45) is -1.01. The molecule has 0 radical (unpaired) electrons. The quantitative estimate of drug-likeness (QED) is 0.669. The molecular weight excluding hydrogens is 319 g/mol. The van der Waals surface area contributed by atoms with E-state index >= 15 is 0 Å². The van der Waals surface area contributed by atoms with Gasteiger partial charge in [0.05, 0.1) is 5.92 Å². The zero-order valence-electron chi connectivity index (χ0n) is 12.3. The minimum Gasteiger partial charge on any atom is -0.481 e. The molecule has 0 bridgehead atoms. The molecule has 0 aromatic heterocycles. The summed E-state index contributed by atoms with van der Waals surface area (Å²) >= 11 is 0. The van der Waals surface area contributed by atoms with Crippen molar-refractivity contribution in [3.63, 3.8) is 0 Å². The van der Waals surface area contributed by atoms with Crippen LogP contribution in [-0.2, 0) is 14.2 Å². The SMILES string of the molecule is O=C(O)CCC(CP(=O)(O)c1ccc2ccccc2c1)C(=O)O. The van der Waals surface area contributed by atoms with Gasteiger partial charge in [0.2, 0.25) is 7.37 Å². The number of hydrogen-bond acceptors (Lipinski definition) is 3. The van der Waals surface area contributed by atoms with E-state index in [1.165, 1.54) is 6.07 Å². The molecule has 7 heteroatoms. The van der Waals surface area contributed by atoms with Crippen LogP contribution in [0.25, 0.3) is 10.8 Å². The van der Waals surface area contributed by atoms with Crippen molar-refractivity contribution in [2.75, 3.05) is 6.16 Å². The van der Waals surface area contributed by atoms with Crippen molar-refractivity contribution in [2.24, 2.45) is 5.92 Å². The fourth-order valence-corrected chi connectivity index (χ4v) is 4.18. The minimum atomic E-state index is -3.89. The van der Waals surface area contributed by atoms with Crippen LogP contribution in [0.1, 0.15) is 12.8 Å². The highest BCUT2D eigenvalue weighted by molar-refractivity contribution is 7.66. The van der Waals surface area contributed by atoms with Crippen molar-refractivity contribution in [1.82, 2.24) is 0 Å². The van der Waals surface area contributed by atoms with Crippen molar-refractivity contribution in [2.45, 2.75) is 12.8 Å². The predicted octanol–water partition coefficient (Wildman–Crippen LogP) is 2.30. The molecule has 2 rings (SSSR count). The van der Waals surface area contributed by atoms with Gasteiger partial charge in [-0.05, 0) is 29.3 Å². The third-order valence-electron chi connectivity index (χ3n) is 3.66. The lowest BCUT2D eigenvalue weighted by atomic mass is 10.1. The molecular formula is C16H17O6P. The Hall–Kier alpha value is -2.17. The van der Waals surface area contributed by atoms with Crippen molar-refractivity contribution in [3.05, 3.63) is 42.5 Å². The van der Waals surface area contributed by atoms with Crippen LogP contribution in [0.5, 0.6) is 0 Å². The van der Waals surface area contributed by atoms with Crippen LogP contribution in [0.15, 0.2) is 42.5 Å². The molecule has 122 valence electrons. The molecule has 0 heterocycles. The average Bonchev–Trinajstić information content (AvgIpc) is 2.50. The van der Waals surface area contributed by atoms with Gasteiger partial charge in [0.1, 0.15) is 0 Å². The summed E-state index contributed by atoms with van der Waals surface area (Å²) in [6, 6.07) is 12.1. The van der Waals surface area contributed by atoms with Crippen molar-refractivity contribution in [1.29, 1.82) is 0 Å². The molecule has 0 saturated heterocycles. The summed E-state index contributed by atoms with van der Waals surface area (Å²) in [7, 11) is -3.89. The molecule has 0 fully saturated rings. The van der Waals surface area contributed by atoms with Crippen LogP contribution in [0, 0.1) is 5.92 Å². The lowest BCUT2D eigenvalue weighted by molar-refractivity contribution is -0.142. The van der Waals surface area contributed by atoms with E-state index in [2.05, 4.69) is 0 Å². The number of carbonyl (C=O) groups is 2. The van der Waals surface area contributed by atoms with Crippen LogP contribution in [0.4, 0.5) is 0 Å². The lowest BCUT2D eigenvalue weighted by Gasteiger charge is -2.17. The van der Waals surface area contributed by atoms with Gasteiger partial charge < -0.3 is 15.1 Å². The lowest BCUT2D eigenvalue weighted by Crippen LogP contribution is -2.22. The van der Waals surface area contributed by atoms with E-state index in [-0.39, 0.29) is 18.1 Å². The number of hydrogen-bond donors (Lipinski definition) is 3. The van der Waals surface area contributed by atoms with E-state index in [0.717, 1.165) is 10.8 Å². The molecule has 0 spiro atoms. The highest BCUT2D eigenvalue weighted by atomic mass is 31.2. The normalized spacial score (nSPS) is 15.0. The Morgan fingerprint density at radius 1 is 1.04 bits per heavy atom. The molecule has 0 saturated carbocycles. The maximum Gasteiger partial charge on any atom is 0.307 e. The number of fused-ring (bicyclic) bond motifs is 1. The molecule has 0 amide bonds. The van der Waals surface area contributed by atoms with Gasteiger partial charge >= 0.3 is 11.9 Å². The van der Waals surface area contributed by atoms with Crippen LogP contribution >= 0.6 is 7.37 Å². The Kier molecular flexibility index (Phi) is 5.19. The first-order chi connectivity index (χ1) is 10.8. The van der Waals surface area contributed by atoms with E-state index in [0.29, 0.717) is 0 Å². The number of carboxylic acid groups (broad SMARTS) is 2.